The van der Waals surface area contributed by atoms with Crippen LogP contribution in [-0.2, 0) is 19.6 Å². The lowest BCUT2D eigenvalue weighted by Crippen LogP contribution is -2.22. The van der Waals surface area contributed by atoms with Crippen molar-refractivity contribution in [2.24, 2.45) is 0 Å². The molecule has 0 saturated heterocycles. The molecule has 0 spiro atoms. The molecule has 0 unspecified atom stereocenters. The molecular weight excluding hydrogens is 409 g/mol. The third-order valence-electron chi connectivity index (χ3n) is 3.60. The zero-order valence-corrected chi connectivity index (χ0v) is 17.0. The van der Waals surface area contributed by atoms with E-state index in [9.17, 15) is 0 Å². The summed E-state index contributed by atoms with van der Waals surface area (Å²) in [5, 5.41) is 9.75. The summed E-state index contributed by atoms with van der Waals surface area (Å²) in [4.78, 5) is 8.47. The van der Waals surface area contributed by atoms with Crippen LogP contribution in [0.1, 0.15) is 20.9 Å². The van der Waals surface area contributed by atoms with Crippen LogP contribution in [0.4, 0.5) is 0 Å². The fourth-order valence-corrected chi connectivity index (χ4v) is 3.48. The van der Waals surface area contributed by atoms with Gasteiger partial charge in [-0.25, -0.2) is 0 Å². The van der Waals surface area contributed by atoms with E-state index in [4.69, 9.17) is 16.9 Å². The predicted molar refractivity (Wildman–Crippen MR) is 112 cm³/mol. The summed E-state index contributed by atoms with van der Waals surface area (Å²) in [5.41, 5.74) is 2.38. The molecule has 0 N–H and O–H groups in total. The third kappa shape index (κ3) is 6.60. The Morgan fingerprint density at radius 1 is 0.962 bits per heavy atom. The van der Waals surface area contributed by atoms with Gasteiger partial charge in [0.05, 0.1) is 0 Å². The molecule has 0 radical (unpaired) electrons. The molecule has 0 aliphatic rings. The van der Waals surface area contributed by atoms with Gasteiger partial charge in [-0.15, -0.1) is 36.2 Å². The van der Waals surface area contributed by atoms with Gasteiger partial charge in [0, 0.05) is 41.9 Å². The predicted octanol–water partition coefficient (Wildman–Crippen LogP) is 5.71. The van der Waals surface area contributed by atoms with E-state index >= 15 is 0 Å². The van der Waals surface area contributed by atoms with Crippen molar-refractivity contribution in [3.8, 4) is 6.07 Å². The molecule has 26 heavy (non-hydrogen) atoms. The summed E-state index contributed by atoms with van der Waals surface area (Å²) >= 11 is 7.52. The first kappa shape index (κ1) is 22.4. The highest BCUT2D eigenvalue weighted by Gasteiger charge is 2.10. The van der Waals surface area contributed by atoms with E-state index in [1.54, 1.807) is 17.5 Å². The van der Waals surface area contributed by atoms with Crippen LogP contribution in [0, 0.1) is 11.3 Å². The fraction of sp³-hybridized carbons (Fsp3) is 0.158. The lowest BCUT2D eigenvalue weighted by molar-refractivity contribution is 0.249. The second-order valence-corrected chi connectivity index (χ2v) is 7.12. The molecule has 0 aliphatic heterocycles. The van der Waals surface area contributed by atoms with Crippen molar-refractivity contribution in [1.82, 2.24) is 9.88 Å². The molecule has 3 aromatic rings. The lowest BCUT2D eigenvalue weighted by Gasteiger charge is -2.22. The number of halogens is 3. The number of benzene rings is 1. The topological polar surface area (TPSA) is 39.9 Å². The highest BCUT2D eigenvalue weighted by Crippen LogP contribution is 2.20. The molecule has 136 valence electrons. The maximum Gasteiger partial charge on any atom is 0.110 e. The Morgan fingerprint density at radius 2 is 1.69 bits per heavy atom. The largest absolute Gasteiger partial charge is 0.290 e. The first-order chi connectivity index (χ1) is 11.7. The standard InChI is InChI=1S/C19H16ClN3S.2ClH/c20-17-5-3-15(4-6-17)12-23(13-16-2-1-9-22-11-16)14-19-8-7-18(10-21)24-19;;/h1-9,11H,12-14H2;2*1H. The van der Waals surface area contributed by atoms with E-state index < -0.39 is 0 Å². The molecule has 0 atom stereocenters. The number of nitrogens with zero attached hydrogens (tertiary/aromatic N) is 3. The number of hydrogen-bond donors (Lipinski definition) is 0. The Kier molecular flexibility index (Phi) is 9.64. The SMILES string of the molecule is Cl.Cl.N#Cc1ccc(CN(Cc2ccc(Cl)cc2)Cc2cccnc2)s1. The molecular formula is C19H18Cl3N3S. The number of thiophene rings is 1. The fourth-order valence-electron chi connectivity index (χ4n) is 2.51. The summed E-state index contributed by atoms with van der Waals surface area (Å²) in [5.74, 6) is 0. The minimum Gasteiger partial charge on any atom is -0.290 e. The summed E-state index contributed by atoms with van der Waals surface area (Å²) in [6.45, 7) is 2.41. The zero-order valence-electron chi connectivity index (χ0n) is 13.8. The van der Waals surface area contributed by atoms with Gasteiger partial charge in [0.25, 0.3) is 0 Å². The average molecular weight is 427 g/mol. The maximum absolute atomic E-state index is 9.01. The Balaban J connectivity index is 0.00000169. The number of rotatable bonds is 6. The summed E-state index contributed by atoms with van der Waals surface area (Å²) in [7, 11) is 0. The molecule has 0 amide bonds. The molecule has 2 heterocycles. The monoisotopic (exact) mass is 425 g/mol. The van der Waals surface area contributed by atoms with Crippen molar-refractivity contribution in [2.45, 2.75) is 19.6 Å². The highest BCUT2D eigenvalue weighted by molar-refractivity contribution is 7.12. The smallest absolute Gasteiger partial charge is 0.110 e. The molecule has 7 heteroatoms. The number of pyridine rings is 1. The van der Waals surface area contributed by atoms with E-state index in [2.05, 4.69) is 22.0 Å². The van der Waals surface area contributed by atoms with E-state index in [1.165, 1.54) is 16.0 Å². The van der Waals surface area contributed by atoms with Crippen molar-refractivity contribution in [3.05, 3.63) is 86.8 Å². The Hall–Kier alpha value is -1.61. The first-order valence-electron chi connectivity index (χ1n) is 7.57. The van der Waals surface area contributed by atoms with Gasteiger partial charge in [0.2, 0.25) is 0 Å². The Bertz CT molecular complexity index is 829. The van der Waals surface area contributed by atoms with E-state index in [0.29, 0.717) is 0 Å². The maximum atomic E-state index is 9.01. The normalized spacial score (nSPS) is 9.88. The van der Waals surface area contributed by atoms with Crippen molar-refractivity contribution in [1.29, 1.82) is 5.26 Å². The second kappa shape index (κ2) is 11.2. The van der Waals surface area contributed by atoms with E-state index in [-0.39, 0.29) is 24.8 Å². The van der Waals surface area contributed by atoms with Gasteiger partial charge >= 0.3 is 0 Å². The molecule has 0 saturated carbocycles. The van der Waals surface area contributed by atoms with Gasteiger partial charge in [-0.3, -0.25) is 9.88 Å². The molecule has 2 aromatic heterocycles. The van der Waals surface area contributed by atoms with Crippen LogP contribution in [-0.4, -0.2) is 9.88 Å². The van der Waals surface area contributed by atoms with Gasteiger partial charge in [-0.05, 0) is 41.5 Å². The van der Waals surface area contributed by atoms with Gasteiger partial charge in [0.15, 0.2) is 0 Å². The number of hydrogen-bond acceptors (Lipinski definition) is 4. The van der Waals surface area contributed by atoms with Crippen molar-refractivity contribution >= 4 is 47.8 Å². The van der Waals surface area contributed by atoms with Crippen LogP contribution in [0.2, 0.25) is 5.02 Å². The minimum atomic E-state index is 0. The van der Waals surface area contributed by atoms with Crippen molar-refractivity contribution in [3.63, 3.8) is 0 Å². The number of nitriles is 1. The zero-order chi connectivity index (χ0) is 16.8. The van der Waals surface area contributed by atoms with Crippen LogP contribution >= 0.6 is 47.8 Å². The molecule has 3 nitrogen and oxygen atoms in total. The summed E-state index contributed by atoms with van der Waals surface area (Å²) in [6.07, 6.45) is 3.68. The molecule has 3 rings (SSSR count). The molecule has 0 aliphatic carbocycles. The third-order valence-corrected chi connectivity index (χ3v) is 4.83. The van der Waals surface area contributed by atoms with E-state index in [0.717, 1.165) is 29.5 Å². The van der Waals surface area contributed by atoms with Crippen molar-refractivity contribution < 1.29 is 0 Å². The average Bonchev–Trinajstić information content (AvgIpc) is 3.05. The highest BCUT2D eigenvalue weighted by atomic mass is 35.5. The summed E-state index contributed by atoms with van der Waals surface area (Å²) < 4.78 is 0. The number of aromatic nitrogens is 1. The van der Waals surface area contributed by atoms with Gasteiger partial charge in [0.1, 0.15) is 10.9 Å². The second-order valence-electron chi connectivity index (χ2n) is 5.51. The first-order valence-corrected chi connectivity index (χ1v) is 8.77. The van der Waals surface area contributed by atoms with Crippen LogP contribution in [0.25, 0.3) is 0 Å². The molecule has 1 aromatic carbocycles. The summed E-state index contributed by atoms with van der Waals surface area (Å²) in [6, 6.07) is 18.1. The van der Waals surface area contributed by atoms with E-state index in [1.807, 2.05) is 48.7 Å². The Labute approximate surface area is 175 Å². The van der Waals surface area contributed by atoms with Gasteiger partial charge in [-0.2, -0.15) is 5.26 Å². The lowest BCUT2D eigenvalue weighted by atomic mass is 10.2. The van der Waals surface area contributed by atoms with Crippen LogP contribution in [0.5, 0.6) is 0 Å². The molecule has 0 bridgehead atoms. The van der Waals surface area contributed by atoms with Crippen LogP contribution < -0.4 is 0 Å². The van der Waals surface area contributed by atoms with Crippen LogP contribution in [0.15, 0.2) is 60.9 Å². The molecule has 0 fully saturated rings. The van der Waals surface area contributed by atoms with Gasteiger partial charge < -0.3 is 0 Å². The minimum absolute atomic E-state index is 0. The quantitative estimate of drug-likeness (QED) is 0.506. The van der Waals surface area contributed by atoms with Crippen LogP contribution in [0.3, 0.4) is 0 Å². The van der Waals surface area contributed by atoms with Gasteiger partial charge in [-0.1, -0.05) is 29.8 Å². The Morgan fingerprint density at radius 3 is 2.31 bits per heavy atom. The van der Waals surface area contributed by atoms with Crippen molar-refractivity contribution in [2.75, 3.05) is 0 Å².